The van der Waals surface area contributed by atoms with Gasteiger partial charge in [0.1, 0.15) is 0 Å². The van der Waals surface area contributed by atoms with E-state index in [0.717, 1.165) is 0 Å². The van der Waals surface area contributed by atoms with Crippen LogP contribution in [0.15, 0.2) is 69.7 Å². The fourth-order valence-electron chi connectivity index (χ4n) is 2.24. The van der Waals surface area contributed by atoms with Crippen molar-refractivity contribution >= 4 is 43.6 Å². The van der Waals surface area contributed by atoms with Gasteiger partial charge in [0.05, 0.1) is 16.3 Å². The Bertz CT molecular complexity index is 1040. The highest BCUT2D eigenvalue weighted by Gasteiger charge is 2.12. The van der Waals surface area contributed by atoms with Gasteiger partial charge in [-0.2, -0.15) is 13.5 Å². The molecule has 3 aromatic rings. The predicted octanol–water partition coefficient (Wildman–Crippen LogP) is 3.67. The van der Waals surface area contributed by atoms with E-state index >= 15 is 0 Å². The molecule has 24 heavy (non-hydrogen) atoms. The van der Waals surface area contributed by atoms with Crippen molar-refractivity contribution in [1.29, 1.82) is 0 Å². The summed E-state index contributed by atoms with van der Waals surface area (Å²) in [5.74, 6) is 0. The lowest BCUT2D eigenvalue weighted by atomic mass is 10.1. The van der Waals surface area contributed by atoms with Gasteiger partial charge >= 0.3 is 0 Å². The standard InChI is InChI=1S/C16H14N4O3S/c17-10-1-3-11(4-2-10)19-20-16-8-7-15(18)13-6-5-12(9-14(13)16)24(21,22)23/h1-9H,17-18H2,(H,21,22,23). The molecular weight excluding hydrogens is 328 g/mol. The number of hydrogen-bond acceptors (Lipinski definition) is 6. The van der Waals surface area contributed by atoms with Gasteiger partial charge in [0.15, 0.2) is 0 Å². The molecule has 122 valence electrons. The highest BCUT2D eigenvalue weighted by atomic mass is 32.2. The monoisotopic (exact) mass is 342 g/mol. The van der Waals surface area contributed by atoms with Gasteiger partial charge in [0.25, 0.3) is 10.1 Å². The lowest BCUT2D eigenvalue weighted by Crippen LogP contribution is -1.98. The number of nitrogens with two attached hydrogens (primary N) is 2. The van der Waals surface area contributed by atoms with Crippen LogP contribution in [0.2, 0.25) is 0 Å². The van der Waals surface area contributed by atoms with Crippen molar-refractivity contribution in [3.63, 3.8) is 0 Å². The molecule has 0 unspecified atom stereocenters. The van der Waals surface area contributed by atoms with Crippen LogP contribution in [-0.4, -0.2) is 13.0 Å². The van der Waals surface area contributed by atoms with E-state index in [2.05, 4.69) is 10.2 Å². The smallest absolute Gasteiger partial charge is 0.294 e. The molecule has 0 aliphatic rings. The average Bonchev–Trinajstić information content (AvgIpc) is 2.55. The SMILES string of the molecule is Nc1ccc(N=Nc2ccc(N)c3ccc(S(=O)(=O)O)cc23)cc1. The summed E-state index contributed by atoms with van der Waals surface area (Å²) >= 11 is 0. The number of nitrogens with zero attached hydrogens (tertiary/aromatic N) is 2. The number of azo groups is 1. The Balaban J connectivity index is 2.13. The molecule has 0 radical (unpaired) electrons. The molecule has 0 spiro atoms. The van der Waals surface area contributed by atoms with Crippen LogP contribution in [0.5, 0.6) is 0 Å². The normalized spacial score (nSPS) is 12.0. The maximum atomic E-state index is 11.3. The lowest BCUT2D eigenvalue weighted by molar-refractivity contribution is 0.483. The van der Waals surface area contributed by atoms with Gasteiger partial charge in [0.2, 0.25) is 0 Å². The van der Waals surface area contributed by atoms with Crippen LogP contribution in [-0.2, 0) is 10.1 Å². The second-order valence-corrected chi connectivity index (χ2v) is 6.57. The number of fused-ring (bicyclic) bond motifs is 1. The van der Waals surface area contributed by atoms with Crippen LogP contribution in [0.25, 0.3) is 10.8 Å². The maximum Gasteiger partial charge on any atom is 0.294 e. The van der Waals surface area contributed by atoms with Gasteiger partial charge in [-0.05, 0) is 48.5 Å². The fraction of sp³-hybridized carbons (Fsp3) is 0. The molecule has 0 atom stereocenters. The summed E-state index contributed by atoms with van der Waals surface area (Å²) in [4.78, 5) is -0.232. The quantitative estimate of drug-likeness (QED) is 0.379. The molecule has 8 heteroatoms. The molecule has 0 aromatic heterocycles. The summed E-state index contributed by atoms with van der Waals surface area (Å²) in [7, 11) is -4.32. The first kappa shape index (κ1) is 15.9. The topological polar surface area (TPSA) is 131 Å². The van der Waals surface area contributed by atoms with Gasteiger partial charge in [-0.1, -0.05) is 6.07 Å². The van der Waals surface area contributed by atoms with Gasteiger partial charge in [-0.15, -0.1) is 5.11 Å². The van der Waals surface area contributed by atoms with Crippen LogP contribution in [0.1, 0.15) is 0 Å². The van der Waals surface area contributed by atoms with E-state index < -0.39 is 10.1 Å². The molecule has 0 saturated heterocycles. The molecule has 3 rings (SSSR count). The molecule has 0 fully saturated rings. The van der Waals surface area contributed by atoms with Crippen molar-refractivity contribution in [1.82, 2.24) is 0 Å². The third-order valence-corrected chi connectivity index (χ3v) is 4.31. The van der Waals surface area contributed by atoms with Crippen LogP contribution in [0.3, 0.4) is 0 Å². The number of anilines is 2. The van der Waals surface area contributed by atoms with Crippen LogP contribution >= 0.6 is 0 Å². The Morgan fingerprint density at radius 3 is 2.21 bits per heavy atom. The first-order valence-electron chi connectivity index (χ1n) is 6.91. The Labute approximate surface area is 138 Å². The van der Waals surface area contributed by atoms with E-state index in [9.17, 15) is 13.0 Å². The van der Waals surface area contributed by atoms with Gasteiger partial charge in [0, 0.05) is 22.1 Å². The highest BCUT2D eigenvalue weighted by molar-refractivity contribution is 7.85. The second-order valence-electron chi connectivity index (χ2n) is 5.15. The van der Waals surface area contributed by atoms with E-state index in [1.807, 2.05) is 0 Å². The average molecular weight is 342 g/mol. The minimum Gasteiger partial charge on any atom is -0.399 e. The summed E-state index contributed by atoms with van der Waals surface area (Å²) in [5.41, 5.74) is 13.6. The van der Waals surface area contributed by atoms with Gasteiger partial charge < -0.3 is 11.5 Å². The molecule has 0 amide bonds. The maximum absolute atomic E-state index is 11.3. The van der Waals surface area contributed by atoms with Crippen LogP contribution < -0.4 is 11.5 Å². The Hall–Kier alpha value is -2.97. The van der Waals surface area contributed by atoms with Crippen molar-refractivity contribution < 1.29 is 13.0 Å². The van der Waals surface area contributed by atoms with E-state index in [4.69, 9.17) is 11.5 Å². The molecule has 0 aliphatic carbocycles. The number of hydrogen-bond donors (Lipinski definition) is 3. The zero-order valence-corrected chi connectivity index (χ0v) is 13.2. The number of benzene rings is 3. The Morgan fingerprint density at radius 1 is 0.833 bits per heavy atom. The minimum absolute atomic E-state index is 0.232. The van der Waals surface area contributed by atoms with Crippen molar-refractivity contribution in [2.24, 2.45) is 10.2 Å². The first-order valence-corrected chi connectivity index (χ1v) is 8.35. The summed E-state index contributed by atoms with van der Waals surface area (Å²) in [6.45, 7) is 0. The molecule has 0 heterocycles. The van der Waals surface area contributed by atoms with Gasteiger partial charge in [-0.25, -0.2) is 0 Å². The van der Waals surface area contributed by atoms with Crippen molar-refractivity contribution in [2.45, 2.75) is 4.90 Å². The zero-order valence-electron chi connectivity index (χ0n) is 12.4. The zero-order chi connectivity index (χ0) is 17.3. The fourth-order valence-corrected chi connectivity index (χ4v) is 2.74. The molecule has 0 saturated carbocycles. The largest absolute Gasteiger partial charge is 0.399 e. The van der Waals surface area contributed by atoms with Crippen molar-refractivity contribution in [3.8, 4) is 0 Å². The third kappa shape index (κ3) is 3.19. The minimum atomic E-state index is -4.32. The molecule has 3 aromatic carbocycles. The summed E-state index contributed by atoms with van der Waals surface area (Å²) in [6.07, 6.45) is 0. The van der Waals surface area contributed by atoms with Crippen molar-refractivity contribution in [2.75, 3.05) is 11.5 Å². The van der Waals surface area contributed by atoms with Crippen LogP contribution in [0.4, 0.5) is 22.7 Å². The van der Waals surface area contributed by atoms with Crippen molar-refractivity contribution in [3.05, 3.63) is 54.6 Å². The molecule has 7 nitrogen and oxygen atoms in total. The highest BCUT2D eigenvalue weighted by Crippen LogP contribution is 2.33. The second kappa shape index (κ2) is 5.91. The Morgan fingerprint density at radius 2 is 1.54 bits per heavy atom. The summed E-state index contributed by atoms with van der Waals surface area (Å²) in [6, 6.07) is 14.2. The first-order chi connectivity index (χ1) is 11.3. The number of nitrogen functional groups attached to an aromatic ring is 2. The van der Waals surface area contributed by atoms with E-state index in [1.165, 1.54) is 18.2 Å². The van der Waals surface area contributed by atoms with E-state index in [1.54, 1.807) is 36.4 Å². The third-order valence-electron chi connectivity index (χ3n) is 3.46. The van der Waals surface area contributed by atoms with Gasteiger partial charge in [-0.3, -0.25) is 4.55 Å². The molecule has 0 aliphatic heterocycles. The molecular formula is C16H14N4O3S. The summed E-state index contributed by atoms with van der Waals surface area (Å²) < 4.78 is 31.9. The Kier molecular flexibility index (Phi) is 3.92. The molecule has 5 N–H and O–H groups in total. The lowest BCUT2D eigenvalue weighted by Gasteiger charge is -2.06. The molecule has 0 bridgehead atoms. The predicted molar refractivity (Wildman–Crippen MR) is 93.2 cm³/mol. The summed E-state index contributed by atoms with van der Waals surface area (Å²) in [5, 5.41) is 9.35. The van der Waals surface area contributed by atoms with E-state index in [-0.39, 0.29) is 4.90 Å². The van der Waals surface area contributed by atoms with E-state index in [0.29, 0.717) is 33.5 Å². The number of rotatable bonds is 3. The van der Waals surface area contributed by atoms with Crippen LogP contribution in [0, 0.1) is 0 Å².